The summed E-state index contributed by atoms with van der Waals surface area (Å²) in [7, 11) is 0. The van der Waals surface area contributed by atoms with Crippen LogP contribution in [0.25, 0.3) is 0 Å². The van der Waals surface area contributed by atoms with Gasteiger partial charge in [0.1, 0.15) is 12.4 Å². The van der Waals surface area contributed by atoms with Gasteiger partial charge in [0.25, 0.3) is 5.91 Å². The Bertz CT molecular complexity index is 473. The lowest BCUT2D eigenvalue weighted by atomic mass is 9.95. The van der Waals surface area contributed by atoms with E-state index in [1.165, 1.54) is 0 Å². The molecule has 1 aromatic carbocycles. The Hall–Kier alpha value is -1.81. The average Bonchev–Trinajstić information content (AvgIpc) is 2.47. The van der Waals surface area contributed by atoms with Crippen LogP contribution in [0.1, 0.15) is 23.7 Å². The second kappa shape index (κ2) is 7.10. The lowest BCUT2D eigenvalue weighted by Gasteiger charge is -2.30. The molecule has 0 aliphatic carbocycles. The number of piperidine rings is 1. The molecule has 4 nitrogen and oxygen atoms in total. The molecule has 0 aromatic heterocycles. The smallest absolute Gasteiger partial charge is 0.255 e. The first-order valence-corrected chi connectivity index (χ1v) is 7.06. The molecule has 0 saturated carbocycles. The van der Waals surface area contributed by atoms with Gasteiger partial charge in [-0.05, 0) is 37.6 Å². The van der Waals surface area contributed by atoms with E-state index in [9.17, 15) is 4.79 Å². The molecule has 108 valence electrons. The first kappa shape index (κ1) is 14.6. The highest BCUT2D eigenvalue weighted by Gasteiger charge is 2.24. The van der Waals surface area contributed by atoms with Crippen molar-refractivity contribution in [3.05, 3.63) is 42.5 Å². The maximum absolute atomic E-state index is 12.4. The van der Waals surface area contributed by atoms with E-state index >= 15 is 0 Å². The van der Waals surface area contributed by atoms with Gasteiger partial charge in [0.2, 0.25) is 0 Å². The van der Waals surface area contributed by atoms with Crippen molar-refractivity contribution in [1.82, 2.24) is 10.6 Å². The van der Waals surface area contributed by atoms with Gasteiger partial charge >= 0.3 is 0 Å². The minimum Gasteiger partial charge on any atom is -0.489 e. The van der Waals surface area contributed by atoms with Crippen LogP contribution in [0.3, 0.4) is 0 Å². The monoisotopic (exact) mass is 274 g/mol. The molecule has 1 amide bonds. The van der Waals surface area contributed by atoms with E-state index in [1.54, 1.807) is 12.1 Å². The Morgan fingerprint density at radius 2 is 2.35 bits per heavy atom. The standard InChI is InChI=1S/C16H22N2O2/c1-3-10-20-15-7-5-4-6-13(15)16(19)18-14-8-9-17-11-12(14)2/h3-7,12,14,17H,1,8-11H2,2H3,(H,18,19). The van der Waals surface area contributed by atoms with Crippen LogP contribution in [-0.4, -0.2) is 31.6 Å². The first-order valence-electron chi connectivity index (χ1n) is 7.06. The molecule has 0 spiro atoms. The molecule has 2 N–H and O–H groups in total. The molecule has 1 aliphatic rings. The molecule has 1 saturated heterocycles. The molecule has 1 fully saturated rings. The van der Waals surface area contributed by atoms with E-state index in [2.05, 4.69) is 24.1 Å². The molecule has 1 heterocycles. The Morgan fingerprint density at radius 3 is 3.10 bits per heavy atom. The molecule has 0 radical (unpaired) electrons. The first-order chi connectivity index (χ1) is 9.72. The van der Waals surface area contributed by atoms with Gasteiger partial charge in [-0.25, -0.2) is 0 Å². The molecule has 1 aromatic rings. The number of hydrogen-bond donors (Lipinski definition) is 2. The lowest BCUT2D eigenvalue weighted by Crippen LogP contribution is -2.48. The van der Waals surface area contributed by atoms with Crippen molar-refractivity contribution < 1.29 is 9.53 Å². The maximum Gasteiger partial charge on any atom is 0.255 e. The molecule has 1 aliphatic heterocycles. The summed E-state index contributed by atoms with van der Waals surface area (Å²) in [5.41, 5.74) is 0.583. The van der Waals surface area contributed by atoms with E-state index < -0.39 is 0 Å². The fourth-order valence-electron chi connectivity index (χ4n) is 2.40. The van der Waals surface area contributed by atoms with Gasteiger partial charge in [0.05, 0.1) is 5.56 Å². The molecular formula is C16H22N2O2. The number of rotatable bonds is 5. The van der Waals surface area contributed by atoms with Crippen LogP contribution in [0.15, 0.2) is 36.9 Å². The van der Waals surface area contributed by atoms with Crippen molar-refractivity contribution >= 4 is 5.91 Å². The summed E-state index contributed by atoms with van der Waals surface area (Å²) in [6.45, 7) is 8.06. The van der Waals surface area contributed by atoms with Gasteiger partial charge in [-0.3, -0.25) is 4.79 Å². The van der Waals surface area contributed by atoms with Crippen LogP contribution in [0.5, 0.6) is 5.75 Å². The molecule has 2 unspecified atom stereocenters. The number of benzene rings is 1. The van der Waals surface area contributed by atoms with Crippen LogP contribution in [0, 0.1) is 5.92 Å². The Balaban J connectivity index is 2.06. The number of ether oxygens (including phenoxy) is 1. The highest BCUT2D eigenvalue weighted by molar-refractivity contribution is 5.97. The van der Waals surface area contributed by atoms with Gasteiger partial charge in [-0.2, -0.15) is 0 Å². The van der Waals surface area contributed by atoms with Crippen molar-refractivity contribution in [2.24, 2.45) is 5.92 Å². The number of nitrogens with one attached hydrogen (secondary N) is 2. The van der Waals surface area contributed by atoms with E-state index in [-0.39, 0.29) is 11.9 Å². The average molecular weight is 274 g/mol. The van der Waals surface area contributed by atoms with Crippen molar-refractivity contribution in [3.8, 4) is 5.75 Å². The number of carbonyl (C=O) groups excluding carboxylic acids is 1. The molecular weight excluding hydrogens is 252 g/mol. The van der Waals surface area contributed by atoms with E-state index in [4.69, 9.17) is 4.74 Å². The van der Waals surface area contributed by atoms with Gasteiger partial charge in [0.15, 0.2) is 0 Å². The predicted molar refractivity (Wildman–Crippen MR) is 80.0 cm³/mol. The van der Waals surface area contributed by atoms with Crippen LogP contribution in [0.4, 0.5) is 0 Å². The normalized spacial score (nSPS) is 22.1. The zero-order chi connectivity index (χ0) is 14.4. The number of hydrogen-bond acceptors (Lipinski definition) is 3. The third kappa shape index (κ3) is 3.61. The van der Waals surface area contributed by atoms with Crippen LogP contribution in [-0.2, 0) is 0 Å². The Kier molecular flexibility index (Phi) is 5.18. The van der Waals surface area contributed by atoms with Crippen LogP contribution in [0.2, 0.25) is 0 Å². The van der Waals surface area contributed by atoms with Crippen molar-refractivity contribution in [2.75, 3.05) is 19.7 Å². The van der Waals surface area contributed by atoms with Gasteiger partial charge in [-0.1, -0.05) is 31.7 Å². The number of para-hydroxylation sites is 1. The highest BCUT2D eigenvalue weighted by atomic mass is 16.5. The van der Waals surface area contributed by atoms with E-state index in [1.807, 2.05) is 18.2 Å². The summed E-state index contributed by atoms with van der Waals surface area (Å²) in [4.78, 5) is 12.4. The minimum absolute atomic E-state index is 0.0663. The SMILES string of the molecule is C=CCOc1ccccc1C(=O)NC1CCNCC1C. The van der Waals surface area contributed by atoms with Crippen molar-refractivity contribution in [1.29, 1.82) is 0 Å². The van der Waals surface area contributed by atoms with Crippen LogP contribution >= 0.6 is 0 Å². The molecule has 4 heteroatoms. The zero-order valence-electron chi connectivity index (χ0n) is 11.9. The molecule has 0 bridgehead atoms. The predicted octanol–water partition coefficient (Wildman–Crippen LogP) is 1.98. The Labute approximate surface area is 120 Å². The lowest BCUT2D eigenvalue weighted by molar-refractivity contribution is 0.0910. The third-order valence-electron chi connectivity index (χ3n) is 3.59. The molecule has 20 heavy (non-hydrogen) atoms. The van der Waals surface area contributed by atoms with Crippen molar-refractivity contribution in [2.45, 2.75) is 19.4 Å². The van der Waals surface area contributed by atoms with E-state index in [0.29, 0.717) is 23.8 Å². The van der Waals surface area contributed by atoms with E-state index in [0.717, 1.165) is 19.5 Å². The largest absolute Gasteiger partial charge is 0.489 e. The maximum atomic E-state index is 12.4. The zero-order valence-corrected chi connectivity index (χ0v) is 11.9. The molecule has 2 rings (SSSR count). The summed E-state index contributed by atoms with van der Waals surface area (Å²) in [6, 6.07) is 7.53. The molecule has 2 atom stereocenters. The van der Waals surface area contributed by atoms with Crippen molar-refractivity contribution in [3.63, 3.8) is 0 Å². The number of carbonyl (C=O) groups is 1. The fraction of sp³-hybridized carbons (Fsp3) is 0.438. The van der Waals surface area contributed by atoms with Gasteiger partial charge in [-0.15, -0.1) is 0 Å². The van der Waals surface area contributed by atoms with Crippen LogP contribution < -0.4 is 15.4 Å². The van der Waals surface area contributed by atoms with Gasteiger partial charge in [0, 0.05) is 6.04 Å². The second-order valence-corrected chi connectivity index (χ2v) is 5.15. The summed E-state index contributed by atoms with van der Waals surface area (Å²) in [5, 5.41) is 6.45. The summed E-state index contributed by atoms with van der Waals surface area (Å²) >= 11 is 0. The minimum atomic E-state index is -0.0663. The quantitative estimate of drug-likeness (QED) is 0.807. The topological polar surface area (TPSA) is 50.4 Å². The summed E-state index contributed by atoms with van der Waals surface area (Å²) < 4.78 is 5.53. The Morgan fingerprint density at radius 1 is 1.55 bits per heavy atom. The summed E-state index contributed by atoms with van der Waals surface area (Å²) in [5.74, 6) is 0.976. The third-order valence-corrected chi connectivity index (χ3v) is 3.59. The number of amides is 1. The van der Waals surface area contributed by atoms with Gasteiger partial charge < -0.3 is 15.4 Å². The highest BCUT2D eigenvalue weighted by Crippen LogP contribution is 2.19. The second-order valence-electron chi connectivity index (χ2n) is 5.15. The fourth-order valence-corrected chi connectivity index (χ4v) is 2.40. The summed E-state index contributed by atoms with van der Waals surface area (Å²) in [6.07, 6.45) is 2.63.